The van der Waals surface area contributed by atoms with Crippen LogP contribution in [0.2, 0.25) is 0 Å². The van der Waals surface area contributed by atoms with Gasteiger partial charge in [-0.25, -0.2) is 9.67 Å². The lowest BCUT2D eigenvalue weighted by Crippen LogP contribution is -2.44. The van der Waals surface area contributed by atoms with E-state index in [1.54, 1.807) is 11.0 Å². The molecule has 0 fully saturated rings. The van der Waals surface area contributed by atoms with Crippen LogP contribution in [-0.4, -0.2) is 20.5 Å². The van der Waals surface area contributed by atoms with Crippen molar-refractivity contribution in [2.24, 2.45) is 0 Å². The molecule has 3 rings (SSSR count). The van der Waals surface area contributed by atoms with Crippen LogP contribution in [0.4, 0.5) is 0 Å². The molecule has 0 aliphatic carbocycles. The van der Waals surface area contributed by atoms with Crippen molar-refractivity contribution in [3.05, 3.63) is 83.4 Å². The van der Waals surface area contributed by atoms with Crippen LogP contribution < -0.4 is 0 Å². The van der Waals surface area contributed by atoms with Crippen molar-refractivity contribution in [2.75, 3.05) is 0 Å². The van der Waals surface area contributed by atoms with E-state index in [-0.39, 0.29) is 5.78 Å². The lowest BCUT2D eigenvalue weighted by atomic mass is 9.77. The van der Waals surface area contributed by atoms with E-state index in [9.17, 15) is 4.79 Å². The Morgan fingerprint density at radius 3 is 2.38 bits per heavy atom. The summed E-state index contributed by atoms with van der Waals surface area (Å²) in [7, 11) is 0. The Morgan fingerprint density at radius 1 is 1.04 bits per heavy atom. The summed E-state index contributed by atoms with van der Waals surface area (Å²) < 4.78 is 1.68. The van der Waals surface area contributed by atoms with Gasteiger partial charge in [-0.3, -0.25) is 4.79 Å². The quantitative estimate of drug-likeness (QED) is 0.721. The Balaban J connectivity index is 2.38. The number of hydrogen-bond donors (Lipinski definition) is 0. The molecular weight excluding hydrogens is 298 g/mol. The van der Waals surface area contributed by atoms with Gasteiger partial charge < -0.3 is 0 Å². The van der Waals surface area contributed by atoms with Gasteiger partial charge >= 0.3 is 0 Å². The minimum absolute atomic E-state index is 0.0856. The van der Waals surface area contributed by atoms with Crippen LogP contribution in [0.5, 0.6) is 0 Å². The van der Waals surface area contributed by atoms with Crippen molar-refractivity contribution in [1.82, 2.24) is 14.8 Å². The summed E-state index contributed by atoms with van der Waals surface area (Å²) in [4.78, 5) is 17.3. The fourth-order valence-corrected chi connectivity index (χ4v) is 3.16. The fourth-order valence-electron chi connectivity index (χ4n) is 3.16. The largest absolute Gasteiger partial charge is 0.296 e. The summed E-state index contributed by atoms with van der Waals surface area (Å²) >= 11 is 0. The topological polar surface area (TPSA) is 47.8 Å². The molecule has 122 valence electrons. The van der Waals surface area contributed by atoms with Gasteiger partial charge in [-0.1, -0.05) is 55.5 Å². The van der Waals surface area contributed by atoms with Gasteiger partial charge in [0, 0.05) is 6.42 Å². The number of carbonyl (C=O) groups is 1. The molecule has 1 heterocycles. The summed E-state index contributed by atoms with van der Waals surface area (Å²) in [6.45, 7) is 6.02. The first-order valence-electron chi connectivity index (χ1n) is 8.12. The Hall–Kier alpha value is -2.75. The lowest BCUT2D eigenvalue weighted by molar-refractivity contribution is -0.124. The molecule has 4 nitrogen and oxygen atoms in total. The van der Waals surface area contributed by atoms with E-state index in [1.807, 2.05) is 43.3 Å². The van der Waals surface area contributed by atoms with Crippen molar-refractivity contribution in [2.45, 2.75) is 32.7 Å². The Bertz CT molecular complexity index is 841. The third kappa shape index (κ3) is 2.44. The zero-order chi connectivity index (χ0) is 17.2. The smallest absolute Gasteiger partial charge is 0.172 e. The number of ketones is 1. The second kappa shape index (κ2) is 6.40. The maximum Gasteiger partial charge on any atom is 0.172 e. The molecule has 0 aliphatic rings. The van der Waals surface area contributed by atoms with Crippen molar-refractivity contribution < 1.29 is 4.79 Å². The predicted octanol–water partition coefficient (Wildman–Crippen LogP) is 3.67. The molecule has 3 aromatic rings. The Kier molecular flexibility index (Phi) is 4.30. The van der Waals surface area contributed by atoms with E-state index in [4.69, 9.17) is 0 Å². The third-order valence-electron chi connectivity index (χ3n) is 4.60. The first-order chi connectivity index (χ1) is 11.6. The SMILES string of the molecule is CCC(=O)C(c1ccccc1)(c1ccc(C)c(C)c1)n1cncn1. The van der Waals surface area contributed by atoms with Crippen LogP contribution in [0.1, 0.15) is 35.6 Å². The zero-order valence-electron chi connectivity index (χ0n) is 14.2. The molecule has 1 unspecified atom stereocenters. The molecule has 4 heteroatoms. The normalized spacial score (nSPS) is 13.5. The van der Waals surface area contributed by atoms with E-state index < -0.39 is 5.54 Å². The molecule has 0 radical (unpaired) electrons. The maximum atomic E-state index is 13.2. The van der Waals surface area contributed by atoms with Crippen LogP contribution in [0.25, 0.3) is 0 Å². The molecule has 2 aromatic carbocycles. The van der Waals surface area contributed by atoms with Crippen LogP contribution in [0.3, 0.4) is 0 Å². The van der Waals surface area contributed by atoms with Gasteiger partial charge in [0.15, 0.2) is 11.3 Å². The first-order valence-corrected chi connectivity index (χ1v) is 8.12. The van der Waals surface area contributed by atoms with Gasteiger partial charge in [0.1, 0.15) is 12.7 Å². The van der Waals surface area contributed by atoms with Crippen LogP contribution in [0, 0.1) is 13.8 Å². The molecule has 0 bridgehead atoms. The highest BCUT2D eigenvalue weighted by Gasteiger charge is 2.43. The number of carbonyl (C=O) groups excluding carboxylic acids is 1. The Morgan fingerprint density at radius 2 is 1.79 bits per heavy atom. The summed E-state index contributed by atoms with van der Waals surface area (Å²) in [6, 6.07) is 16.0. The Labute approximate surface area is 142 Å². The van der Waals surface area contributed by atoms with Gasteiger partial charge in [0.05, 0.1) is 0 Å². The zero-order valence-corrected chi connectivity index (χ0v) is 14.2. The van der Waals surface area contributed by atoms with Crippen LogP contribution in [0.15, 0.2) is 61.2 Å². The molecule has 0 N–H and O–H groups in total. The van der Waals surface area contributed by atoms with Gasteiger partial charge in [-0.05, 0) is 36.1 Å². The third-order valence-corrected chi connectivity index (χ3v) is 4.60. The molecule has 24 heavy (non-hydrogen) atoms. The van der Waals surface area contributed by atoms with Crippen molar-refractivity contribution in [1.29, 1.82) is 0 Å². The average Bonchev–Trinajstić information content (AvgIpc) is 3.14. The molecule has 1 atom stereocenters. The van der Waals surface area contributed by atoms with Crippen molar-refractivity contribution in [3.8, 4) is 0 Å². The first kappa shape index (κ1) is 16.1. The number of rotatable bonds is 5. The molecule has 0 saturated heterocycles. The van der Waals surface area contributed by atoms with E-state index in [1.165, 1.54) is 11.9 Å². The fraction of sp³-hybridized carbons (Fsp3) is 0.250. The number of aromatic nitrogens is 3. The highest BCUT2D eigenvalue weighted by molar-refractivity contribution is 5.93. The minimum atomic E-state index is -0.995. The lowest BCUT2D eigenvalue weighted by Gasteiger charge is -2.33. The van der Waals surface area contributed by atoms with Gasteiger partial charge in [0.2, 0.25) is 0 Å². The molecule has 1 aromatic heterocycles. The standard InChI is InChI=1S/C20H21N3O/c1-4-19(24)20(23-14-21-13-22-23,17-8-6-5-7-9-17)18-11-10-15(2)16(3)12-18/h5-14H,4H2,1-3H3. The molecular formula is C20H21N3O. The van der Waals surface area contributed by atoms with Gasteiger partial charge in [-0.15, -0.1) is 0 Å². The van der Waals surface area contributed by atoms with E-state index in [0.29, 0.717) is 6.42 Å². The maximum absolute atomic E-state index is 13.2. The summed E-state index contributed by atoms with van der Waals surface area (Å²) in [5.41, 5.74) is 3.16. The number of benzene rings is 2. The van der Waals surface area contributed by atoms with Gasteiger partial charge in [0.25, 0.3) is 0 Å². The number of Topliss-reactive ketones (excluding diaryl/α,β-unsaturated/α-hetero) is 1. The summed E-state index contributed by atoms with van der Waals surface area (Å²) in [5, 5.41) is 4.35. The average molecular weight is 319 g/mol. The van der Waals surface area contributed by atoms with Crippen molar-refractivity contribution >= 4 is 5.78 Å². The van der Waals surface area contributed by atoms with Gasteiger partial charge in [-0.2, -0.15) is 5.10 Å². The highest BCUT2D eigenvalue weighted by Crippen LogP contribution is 2.36. The van der Waals surface area contributed by atoms with Crippen LogP contribution >= 0.6 is 0 Å². The molecule has 0 spiro atoms. The monoisotopic (exact) mass is 319 g/mol. The van der Waals surface area contributed by atoms with E-state index in [0.717, 1.165) is 16.7 Å². The second-order valence-corrected chi connectivity index (χ2v) is 5.99. The summed E-state index contributed by atoms with van der Waals surface area (Å²) in [5.74, 6) is 0.0856. The molecule has 0 amide bonds. The minimum Gasteiger partial charge on any atom is -0.296 e. The number of hydrogen-bond acceptors (Lipinski definition) is 3. The van der Waals surface area contributed by atoms with Crippen LogP contribution in [-0.2, 0) is 10.3 Å². The predicted molar refractivity (Wildman–Crippen MR) is 93.9 cm³/mol. The van der Waals surface area contributed by atoms with Crippen molar-refractivity contribution in [3.63, 3.8) is 0 Å². The number of nitrogens with zero attached hydrogens (tertiary/aromatic N) is 3. The van der Waals surface area contributed by atoms with E-state index in [2.05, 4.69) is 36.1 Å². The molecule has 0 saturated carbocycles. The second-order valence-electron chi connectivity index (χ2n) is 5.99. The van der Waals surface area contributed by atoms with E-state index >= 15 is 0 Å². The number of aryl methyl sites for hydroxylation is 2. The summed E-state index contributed by atoms with van der Waals surface area (Å²) in [6.07, 6.45) is 3.50. The highest BCUT2D eigenvalue weighted by atomic mass is 16.1. The molecule has 0 aliphatic heterocycles.